The summed E-state index contributed by atoms with van der Waals surface area (Å²) in [5.74, 6) is -1.38. The molecule has 0 saturated heterocycles. The number of amides is 1. The number of carboxylic acid groups (broad SMARTS) is 1. The van der Waals surface area contributed by atoms with Crippen molar-refractivity contribution in [1.82, 2.24) is 0 Å². The van der Waals surface area contributed by atoms with Gasteiger partial charge in [0.25, 0.3) is 5.91 Å². The summed E-state index contributed by atoms with van der Waals surface area (Å²) in [7, 11) is 0. The van der Waals surface area contributed by atoms with Gasteiger partial charge in [-0.05, 0) is 42.2 Å². The van der Waals surface area contributed by atoms with Gasteiger partial charge >= 0.3 is 5.97 Å². The average molecular weight is 363 g/mol. The predicted octanol–water partition coefficient (Wildman–Crippen LogP) is 4.36. The van der Waals surface area contributed by atoms with Crippen LogP contribution in [0.1, 0.15) is 42.1 Å². The van der Waals surface area contributed by atoms with Gasteiger partial charge in [-0.1, -0.05) is 38.1 Å². The molecular formula is C21H21N3O3. The van der Waals surface area contributed by atoms with Crippen molar-refractivity contribution in [2.75, 3.05) is 10.6 Å². The molecule has 0 aliphatic heterocycles. The predicted molar refractivity (Wildman–Crippen MR) is 104 cm³/mol. The summed E-state index contributed by atoms with van der Waals surface area (Å²) in [6.45, 7) is 4.20. The molecule has 0 spiro atoms. The molecule has 0 aliphatic carbocycles. The SMILES string of the molecule is CCC(C)c1ccccc1N/C=C(/C#N)C(=O)Nc1cccc(C(=O)O)c1. The standard InChI is InChI=1S/C21H21N3O3/c1-3-14(2)18-9-4-5-10-19(18)23-13-16(12-22)20(25)24-17-8-6-7-15(11-17)21(26)27/h4-11,13-14,23H,3H2,1-2H3,(H,24,25)(H,26,27)/b16-13-. The number of carboxylic acids is 1. The van der Waals surface area contributed by atoms with Crippen LogP contribution in [0.4, 0.5) is 11.4 Å². The fraction of sp³-hybridized carbons (Fsp3) is 0.190. The molecule has 138 valence electrons. The summed E-state index contributed by atoms with van der Waals surface area (Å²) in [6.07, 6.45) is 2.32. The van der Waals surface area contributed by atoms with Gasteiger partial charge in [-0.25, -0.2) is 4.79 Å². The average Bonchev–Trinajstić information content (AvgIpc) is 2.68. The van der Waals surface area contributed by atoms with Crippen LogP contribution in [0.5, 0.6) is 0 Å². The Morgan fingerprint density at radius 1 is 1.22 bits per heavy atom. The number of hydrogen-bond acceptors (Lipinski definition) is 4. The van der Waals surface area contributed by atoms with Gasteiger partial charge in [-0.3, -0.25) is 4.79 Å². The van der Waals surface area contributed by atoms with Crippen molar-refractivity contribution in [3.8, 4) is 6.07 Å². The zero-order chi connectivity index (χ0) is 19.8. The maximum absolute atomic E-state index is 12.3. The smallest absolute Gasteiger partial charge is 0.335 e. The zero-order valence-electron chi connectivity index (χ0n) is 15.2. The van der Waals surface area contributed by atoms with Crippen LogP contribution < -0.4 is 10.6 Å². The van der Waals surface area contributed by atoms with E-state index in [1.165, 1.54) is 24.4 Å². The largest absolute Gasteiger partial charge is 0.478 e. The van der Waals surface area contributed by atoms with Crippen LogP contribution in [0, 0.1) is 11.3 Å². The molecule has 6 nitrogen and oxygen atoms in total. The minimum absolute atomic E-state index is 0.0518. The minimum atomic E-state index is -1.09. The zero-order valence-corrected chi connectivity index (χ0v) is 15.2. The topological polar surface area (TPSA) is 102 Å². The highest BCUT2D eigenvalue weighted by Crippen LogP contribution is 2.26. The molecule has 2 rings (SSSR count). The number of anilines is 2. The first-order valence-electron chi connectivity index (χ1n) is 8.56. The molecule has 1 unspecified atom stereocenters. The Morgan fingerprint density at radius 2 is 1.96 bits per heavy atom. The van der Waals surface area contributed by atoms with Gasteiger partial charge in [-0.15, -0.1) is 0 Å². The van der Waals surface area contributed by atoms with E-state index >= 15 is 0 Å². The Bertz CT molecular complexity index is 913. The van der Waals surface area contributed by atoms with Gasteiger partial charge in [0.2, 0.25) is 0 Å². The van der Waals surface area contributed by atoms with Crippen molar-refractivity contribution >= 4 is 23.3 Å². The number of carbonyl (C=O) groups excluding carboxylic acids is 1. The number of nitrogens with one attached hydrogen (secondary N) is 2. The third kappa shape index (κ3) is 5.19. The summed E-state index contributed by atoms with van der Waals surface area (Å²) in [5, 5.41) is 23.9. The molecule has 2 aromatic carbocycles. The third-order valence-electron chi connectivity index (χ3n) is 4.21. The van der Waals surface area contributed by atoms with E-state index < -0.39 is 11.9 Å². The van der Waals surface area contributed by atoms with E-state index in [2.05, 4.69) is 24.5 Å². The van der Waals surface area contributed by atoms with Crippen LogP contribution in [-0.2, 0) is 4.79 Å². The molecule has 0 saturated carbocycles. The number of nitriles is 1. The van der Waals surface area contributed by atoms with Crippen molar-refractivity contribution in [3.63, 3.8) is 0 Å². The van der Waals surface area contributed by atoms with Gasteiger partial charge in [-0.2, -0.15) is 5.26 Å². The van der Waals surface area contributed by atoms with E-state index in [1.54, 1.807) is 6.07 Å². The number of nitrogens with zero attached hydrogens (tertiary/aromatic N) is 1. The van der Waals surface area contributed by atoms with Crippen LogP contribution in [0.25, 0.3) is 0 Å². The maximum Gasteiger partial charge on any atom is 0.335 e. The quantitative estimate of drug-likeness (QED) is 0.501. The minimum Gasteiger partial charge on any atom is -0.478 e. The van der Waals surface area contributed by atoms with Crippen LogP contribution >= 0.6 is 0 Å². The van der Waals surface area contributed by atoms with Crippen LogP contribution in [0.2, 0.25) is 0 Å². The lowest BCUT2D eigenvalue weighted by Crippen LogP contribution is -2.15. The lowest BCUT2D eigenvalue weighted by Gasteiger charge is -2.14. The first kappa shape index (κ1) is 19.7. The molecule has 0 bridgehead atoms. The molecule has 1 amide bonds. The van der Waals surface area contributed by atoms with E-state index in [9.17, 15) is 14.9 Å². The fourth-order valence-electron chi connectivity index (χ4n) is 2.51. The Morgan fingerprint density at radius 3 is 2.63 bits per heavy atom. The van der Waals surface area contributed by atoms with E-state index in [0.29, 0.717) is 11.6 Å². The number of carbonyl (C=O) groups is 2. The number of aromatic carboxylic acids is 1. The molecular weight excluding hydrogens is 342 g/mol. The maximum atomic E-state index is 12.3. The summed E-state index contributed by atoms with van der Waals surface area (Å²) in [4.78, 5) is 23.3. The van der Waals surface area contributed by atoms with E-state index in [4.69, 9.17) is 5.11 Å². The second kappa shape index (κ2) is 9.20. The van der Waals surface area contributed by atoms with Gasteiger partial charge in [0.15, 0.2) is 0 Å². The van der Waals surface area contributed by atoms with E-state index in [0.717, 1.165) is 17.7 Å². The summed E-state index contributed by atoms with van der Waals surface area (Å²) in [5.41, 5.74) is 2.18. The molecule has 3 N–H and O–H groups in total. The van der Waals surface area contributed by atoms with Crippen molar-refractivity contribution in [2.24, 2.45) is 0 Å². The van der Waals surface area contributed by atoms with E-state index in [1.807, 2.05) is 30.3 Å². The normalized spacial score (nSPS) is 12.0. The molecule has 1 atom stereocenters. The highest BCUT2D eigenvalue weighted by atomic mass is 16.4. The first-order chi connectivity index (χ1) is 13.0. The van der Waals surface area contributed by atoms with Crippen molar-refractivity contribution in [3.05, 3.63) is 71.4 Å². The van der Waals surface area contributed by atoms with Crippen molar-refractivity contribution in [2.45, 2.75) is 26.2 Å². The van der Waals surface area contributed by atoms with Gasteiger partial charge < -0.3 is 15.7 Å². The van der Waals surface area contributed by atoms with Gasteiger partial charge in [0.1, 0.15) is 11.6 Å². The molecule has 0 heterocycles. The summed E-state index contributed by atoms with van der Waals surface area (Å²) < 4.78 is 0. The highest BCUT2D eigenvalue weighted by Gasteiger charge is 2.12. The summed E-state index contributed by atoms with van der Waals surface area (Å²) in [6, 6.07) is 15.4. The molecule has 0 radical (unpaired) electrons. The number of para-hydroxylation sites is 1. The fourth-order valence-corrected chi connectivity index (χ4v) is 2.51. The third-order valence-corrected chi connectivity index (χ3v) is 4.21. The molecule has 0 fully saturated rings. The second-order valence-electron chi connectivity index (χ2n) is 6.05. The number of benzene rings is 2. The Labute approximate surface area is 158 Å². The first-order valence-corrected chi connectivity index (χ1v) is 8.56. The van der Waals surface area contributed by atoms with Crippen LogP contribution in [-0.4, -0.2) is 17.0 Å². The van der Waals surface area contributed by atoms with Crippen LogP contribution in [0.3, 0.4) is 0 Å². The second-order valence-corrected chi connectivity index (χ2v) is 6.05. The Hall–Kier alpha value is -3.59. The Balaban J connectivity index is 2.17. The van der Waals surface area contributed by atoms with Gasteiger partial charge in [0.05, 0.1) is 5.56 Å². The molecule has 6 heteroatoms. The highest BCUT2D eigenvalue weighted by molar-refractivity contribution is 6.07. The molecule has 27 heavy (non-hydrogen) atoms. The number of rotatable bonds is 7. The Kier molecular flexibility index (Phi) is 6.73. The van der Waals surface area contributed by atoms with Crippen molar-refractivity contribution < 1.29 is 14.7 Å². The number of hydrogen-bond donors (Lipinski definition) is 3. The molecule has 0 aromatic heterocycles. The van der Waals surface area contributed by atoms with E-state index in [-0.39, 0.29) is 11.1 Å². The van der Waals surface area contributed by atoms with Crippen molar-refractivity contribution in [1.29, 1.82) is 5.26 Å². The lowest BCUT2D eigenvalue weighted by atomic mass is 9.97. The summed E-state index contributed by atoms with van der Waals surface area (Å²) >= 11 is 0. The molecule has 0 aliphatic rings. The molecule has 2 aromatic rings. The lowest BCUT2D eigenvalue weighted by molar-refractivity contribution is -0.112. The van der Waals surface area contributed by atoms with Gasteiger partial charge in [0, 0.05) is 17.6 Å². The van der Waals surface area contributed by atoms with Crippen LogP contribution in [0.15, 0.2) is 60.3 Å². The monoisotopic (exact) mass is 363 g/mol.